The highest BCUT2D eigenvalue weighted by Crippen LogP contribution is 2.34. The van der Waals surface area contributed by atoms with E-state index in [0.717, 1.165) is 28.6 Å². The van der Waals surface area contributed by atoms with Crippen molar-refractivity contribution in [2.45, 2.75) is 24.3 Å². The minimum Gasteiger partial charge on any atom is -0.486 e. The van der Waals surface area contributed by atoms with Gasteiger partial charge in [0.2, 0.25) is 0 Å². The minimum absolute atomic E-state index is 0.232. The van der Waals surface area contributed by atoms with Gasteiger partial charge in [0.05, 0.1) is 6.10 Å². The number of ether oxygens (including phenoxy) is 2. The lowest BCUT2D eigenvalue weighted by molar-refractivity contribution is 0.171. The molecule has 16 heavy (non-hydrogen) atoms. The third kappa shape index (κ3) is 3.06. The Bertz CT molecular complexity index is 352. The molecule has 2 rings (SSSR count). The Balaban J connectivity index is 1.95. The molecular formula is C12H16O3S. The molecule has 0 fully saturated rings. The van der Waals surface area contributed by atoms with Gasteiger partial charge in [0.1, 0.15) is 13.2 Å². The van der Waals surface area contributed by atoms with Gasteiger partial charge < -0.3 is 14.6 Å². The van der Waals surface area contributed by atoms with Crippen LogP contribution in [0.5, 0.6) is 11.5 Å². The zero-order valence-electron chi connectivity index (χ0n) is 9.31. The van der Waals surface area contributed by atoms with Gasteiger partial charge in [-0.15, -0.1) is 11.8 Å². The van der Waals surface area contributed by atoms with Gasteiger partial charge in [0, 0.05) is 10.6 Å². The van der Waals surface area contributed by atoms with E-state index in [4.69, 9.17) is 14.6 Å². The Labute approximate surface area is 99.8 Å². The molecule has 1 aliphatic rings. The summed E-state index contributed by atoms with van der Waals surface area (Å²) in [6.45, 7) is 3.06. The van der Waals surface area contributed by atoms with Crippen LogP contribution in [0.25, 0.3) is 0 Å². The highest BCUT2D eigenvalue weighted by molar-refractivity contribution is 7.99. The summed E-state index contributed by atoms with van der Waals surface area (Å²) in [7, 11) is 0. The lowest BCUT2D eigenvalue weighted by Crippen LogP contribution is -2.15. The van der Waals surface area contributed by atoms with Crippen LogP contribution in [0.4, 0.5) is 0 Å². The summed E-state index contributed by atoms with van der Waals surface area (Å²) < 4.78 is 11.0. The second-order valence-electron chi connectivity index (χ2n) is 3.79. The minimum atomic E-state index is -0.232. The van der Waals surface area contributed by atoms with E-state index in [1.807, 2.05) is 25.1 Å². The molecule has 1 aromatic carbocycles. The fraction of sp³-hybridized carbons (Fsp3) is 0.500. The van der Waals surface area contributed by atoms with Gasteiger partial charge in [0.15, 0.2) is 11.5 Å². The number of benzene rings is 1. The summed E-state index contributed by atoms with van der Waals surface area (Å²) in [6.07, 6.45) is 0.573. The fourth-order valence-corrected chi connectivity index (χ4v) is 2.51. The maximum Gasteiger partial charge on any atom is 0.162 e. The van der Waals surface area contributed by atoms with E-state index in [9.17, 15) is 0 Å². The van der Waals surface area contributed by atoms with Crippen LogP contribution in [0.1, 0.15) is 13.3 Å². The molecule has 0 aromatic heterocycles. The molecule has 3 nitrogen and oxygen atoms in total. The normalized spacial score (nSPS) is 15.9. The van der Waals surface area contributed by atoms with Crippen LogP contribution < -0.4 is 9.47 Å². The van der Waals surface area contributed by atoms with Crippen molar-refractivity contribution in [1.82, 2.24) is 0 Å². The molecule has 1 heterocycles. The van der Waals surface area contributed by atoms with Gasteiger partial charge >= 0.3 is 0 Å². The quantitative estimate of drug-likeness (QED) is 0.820. The topological polar surface area (TPSA) is 38.7 Å². The standard InChI is InChI=1S/C12H16O3S/c1-9(13)4-7-16-10-2-3-11-12(8-10)15-6-5-14-11/h2-3,8-9,13H,4-7H2,1H3. The lowest BCUT2D eigenvalue weighted by Gasteiger charge is -2.18. The lowest BCUT2D eigenvalue weighted by atomic mass is 10.3. The summed E-state index contributed by atoms with van der Waals surface area (Å²) in [5.74, 6) is 2.57. The molecule has 1 aromatic rings. The molecule has 1 aliphatic heterocycles. The zero-order valence-corrected chi connectivity index (χ0v) is 10.1. The van der Waals surface area contributed by atoms with Gasteiger partial charge in [-0.1, -0.05) is 0 Å². The first-order valence-corrected chi connectivity index (χ1v) is 6.45. The molecule has 1 atom stereocenters. The van der Waals surface area contributed by atoms with E-state index in [2.05, 4.69) is 0 Å². The predicted molar refractivity (Wildman–Crippen MR) is 64.5 cm³/mol. The smallest absolute Gasteiger partial charge is 0.162 e. The monoisotopic (exact) mass is 240 g/mol. The van der Waals surface area contributed by atoms with Gasteiger partial charge in [-0.05, 0) is 31.5 Å². The van der Waals surface area contributed by atoms with Gasteiger partial charge in [-0.2, -0.15) is 0 Å². The SMILES string of the molecule is CC(O)CCSc1ccc2c(c1)OCCO2. The molecule has 0 aliphatic carbocycles. The molecule has 88 valence electrons. The van der Waals surface area contributed by atoms with Crippen molar-refractivity contribution in [2.24, 2.45) is 0 Å². The van der Waals surface area contributed by atoms with E-state index < -0.39 is 0 Å². The van der Waals surface area contributed by atoms with Crippen molar-refractivity contribution in [2.75, 3.05) is 19.0 Å². The van der Waals surface area contributed by atoms with Crippen LogP contribution in [-0.4, -0.2) is 30.2 Å². The van der Waals surface area contributed by atoms with Crippen LogP contribution in [0.15, 0.2) is 23.1 Å². The summed E-state index contributed by atoms with van der Waals surface area (Å²) in [6, 6.07) is 5.97. The first kappa shape index (κ1) is 11.6. The molecule has 0 amide bonds. The molecule has 4 heteroatoms. The van der Waals surface area contributed by atoms with Crippen LogP contribution >= 0.6 is 11.8 Å². The Morgan fingerprint density at radius 2 is 2.06 bits per heavy atom. The third-order valence-electron chi connectivity index (χ3n) is 2.32. The fourth-order valence-electron chi connectivity index (χ4n) is 1.46. The molecule has 0 saturated carbocycles. The largest absolute Gasteiger partial charge is 0.486 e. The van der Waals surface area contributed by atoms with Crippen LogP contribution in [-0.2, 0) is 0 Å². The van der Waals surface area contributed by atoms with Crippen molar-refractivity contribution in [3.63, 3.8) is 0 Å². The summed E-state index contributed by atoms with van der Waals surface area (Å²) in [5, 5.41) is 9.16. The number of thioether (sulfide) groups is 1. The number of aliphatic hydroxyl groups is 1. The molecule has 0 radical (unpaired) electrons. The average Bonchev–Trinajstić information content (AvgIpc) is 2.28. The Morgan fingerprint density at radius 3 is 2.81 bits per heavy atom. The molecule has 1 unspecified atom stereocenters. The maximum atomic E-state index is 9.16. The van der Waals surface area contributed by atoms with E-state index in [1.165, 1.54) is 0 Å². The molecule has 0 bridgehead atoms. The molecular weight excluding hydrogens is 224 g/mol. The molecule has 0 saturated heterocycles. The maximum absolute atomic E-state index is 9.16. The highest BCUT2D eigenvalue weighted by atomic mass is 32.2. The highest BCUT2D eigenvalue weighted by Gasteiger charge is 2.11. The second kappa shape index (κ2) is 5.46. The van der Waals surface area contributed by atoms with E-state index in [1.54, 1.807) is 11.8 Å². The third-order valence-corrected chi connectivity index (χ3v) is 3.35. The Hall–Kier alpha value is -0.870. The number of fused-ring (bicyclic) bond motifs is 1. The summed E-state index contributed by atoms with van der Waals surface area (Å²) >= 11 is 1.73. The van der Waals surface area contributed by atoms with Gasteiger partial charge in [0.25, 0.3) is 0 Å². The van der Waals surface area contributed by atoms with E-state index in [0.29, 0.717) is 13.2 Å². The first-order valence-electron chi connectivity index (χ1n) is 5.46. The van der Waals surface area contributed by atoms with Crippen LogP contribution in [0.3, 0.4) is 0 Å². The first-order chi connectivity index (χ1) is 7.75. The summed E-state index contributed by atoms with van der Waals surface area (Å²) in [4.78, 5) is 1.16. The Morgan fingerprint density at radius 1 is 1.31 bits per heavy atom. The number of aliphatic hydroxyl groups excluding tert-OH is 1. The van der Waals surface area contributed by atoms with Crippen molar-refractivity contribution >= 4 is 11.8 Å². The van der Waals surface area contributed by atoms with E-state index >= 15 is 0 Å². The average molecular weight is 240 g/mol. The van der Waals surface area contributed by atoms with Crippen molar-refractivity contribution in [3.8, 4) is 11.5 Å². The zero-order chi connectivity index (χ0) is 11.4. The van der Waals surface area contributed by atoms with Gasteiger partial charge in [-0.3, -0.25) is 0 Å². The Kier molecular flexibility index (Phi) is 3.96. The number of hydrogen-bond donors (Lipinski definition) is 1. The molecule has 0 spiro atoms. The second-order valence-corrected chi connectivity index (χ2v) is 4.96. The van der Waals surface area contributed by atoms with Crippen LogP contribution in [0, 0.1) is 0 Å². The van der Waals surface area contributed by atoms with Crippen molar-refractivity contribution in [1.29, 1.82) is 0 Å². The van der Waals surface area contributed by atoms with Crippen LogP contribution in [0.2, 0.25) is 0 Å². The molecule has 1 N–H and O–H groups in total. The van der Waals surface area contributed by atoms with E-state index in [-0.39, 0.29) is 6.10 Å². The van der Waals surface area contributed by atoms with Crippen molar-refractivity contribution < 1.29 is 14.6 Å². The number of hydrogen-bond acceptors (Lipinski definition) is 4. The van der Waals surface area contributed by atoms with Gasteiger partial charge in [-0.25, -0.2) is 0 Å². The summed E-state index contributed by atoms with van der Waals surface area (Å²) in [5.41, 5.74) is 0. The van der Waals surface area contributed by atoms with Crippen molar-refractivity contribution in [3.05, 3.63) is 18.2 Å². The number of rotatable bonds is 4. The predicted octanol–water partition coefficient (Wildman–Crippen LogP) is 2.32.